The van der Waals surface area contributed by atoms with Crippen LogP contribution in [0.15, 0.2) is 46.3 Å². The van der Waals surface area contributed by atoms with E-state index in [-0.39, 0.29) is 5.97 Å². The van der Waals surface area contributed by atoms with Crippen molar-refractivity contribution in [2.45, 2.75) is 31.3 Å². The number of rotatable bonds is 7. The first-order chi connectivity index (χ1) is 14.2. The van der Waals surface area contributed by atoms with Gasteiger partial charge in [-0.2, -0.15) is 0 Å². The third-order valence-corrected chi connectivity index (χ3v) is 5.54. The molecule has 8 heteroatoms. The topological polar surface area (TPSA) is 75.7 Å². The molecule has 3 heterocycles. The summed E-state index contributed by atoms with van der Waals surface area (Å²) in [4.78, 5) is 16.6. The minimum Gasteiger partial charge on any atom is -0.486 e. The van der Waals surface area contributed by atoms with Crippen LogP contribution in [-0.2, 0) is 17.0 Å². The fraction of sp³-hybridized carbons (Fsp3) is 0.333. The molecule has 0 unspecified atom stereocenters. The number of aromatic nitrogens is 2. The molecular weight excluding hydrogens is 392 g/mol. The van der Waals surface area contributed by atoms with Gasteiger partial charge in [-0.05, 0) is 38.1 Å². The molecule has 0 fully saturated rings. The molecular formula is C21H22N2O5S. The number of hydrogen-bond donors (Lipinski definition) is 0. The van der Waals surface area contributed by atoms with E-state index < -0.39 is 0 Å². The van der Waals surface area contributed by atoms with Gasteiger partial charge in [0.05, 0.1) is 30.5 Å². The Morgan fingerprint density at radius 3 is 2.83 bits per heavy atom. The Hall–Kier alpha value is -2.87. The number of benzene rings is 1. The molecule has 1 aliphatic heterocycles. The van der Waals surface area contributed by atoms with Crippen molar-refractivity contribution in [1.82, 2.24) is 9.55 Å². The molecule has 4 rings (SSSR count). The summed E-state index contributed by atoms with van der Waals surface area (Å²) in [5.41, 5.74) is 2.47. The van der Waals surface area contributed by atoms with E-state index in [9.17, 15) is 4.79 Å². The molecule has 152 valence electrons. The monoisotopic (exact) mass is 414 g/mol. The average molecular weight is 414 g/mol. The van der Waals surface area contributed by atoms with Crippen molar-refractivity contribution < 1.29 is 23.4 Å². The largest absolute Gasteiger partial charge is 0.486 e. The molecule has 29 heavy (non-hydrogen) atoms. The fourth-order valence-electron chi connectivity index (χ4n) is 3.19. The highest BCUT2D eigenvalue weighted by molar-refractivity contribution is 7.98. The lowest BCUT2D eigenvalue weighted by atomic mass is 10.1. The quantitative estimate of drug-likeness (QED) is 0.419. The number of fused-ring (bicyclic) bond motifs is 1. The summed E-state index contributed by atoms with van der Waals surface area (Å²) in [6.45, 7) is 6.07. The molecule has 0 atom stereocenters. The summed E-state index contributed by atoms with van der Waals surface area (Å²) in [5, 5.41) is 0.851. The molecule has 0 bridgehead atoms. The van der Waals surface area contributed by atoms with Crippen LogP contribution < -0.4 is 9.47 Å². The second-order valence-electron chi connectivity index (χ2n) is 6.30. The normalized spacial score (nSPS) is 12.8. The van der Waals surface area contributed by atoms with Crippen LogP contribution >= 0.6 is 11.8 Å². The molecule has 0 saturated carbocycles. The van der Waals surface area contributed by atoms with E-state index in [1.807, 2.05) is 24.4 Å². The molecule has 1 aromatic carbocycles. The van der Waals surface area contributed by atoms with E-state index in [1.165, 1.54) is 18.0 Å². The van der Waals surface area contributed by atoms with Crippen LogP contribution in [0.1, 0.15) is 30.0 Å². The second-order valence-corrected chi connectivity index (χ2v) is 7.24. The minimum absolute atomic E-state index is 0.329. The van der Waals surface area contributed by atoms with Crippen LogP contribution in [0.3, 0.4) is 0 Å². The highest BCUT2D eigenvalue weighted by Gasteiger charge is 2.19. The number of hydrogen-bond acceptors (Lipinski definition) is 7. The van der Waals surface area contributed by atoms with Crippen molar-refractivity contribution >= 4 is 17.7 Å². The summed E-state index contributed by atoms with van der Waals surface area (Å²) >= 11 is 1.52. The van der Waals surface area contributed by atoms with E-state index in [2.05, 4.69) is 16.5 Å². The predicted molar refractivity (Wildman–Crippen MR) is 109 cm³/mol. The van der Waals surface area contributed by atoms with Gasteiger partial charge in [0, 0.05) is 12.1 Å². The van der Waals surface area contributed by atoms with Gasteiger partial charge in [-0.15, -0.1) is 0 Å². The number of carbonyl (C=O) groups is 1. The Balaban J connectivity index is 1.54. The summed E-state index contributed by atoms with van der Waals surface area (Å²) in [6.07, 6.45) is 3.36. The molecule has 0 radical (unpaired) electrons. The molecule has 0 amide bonds. The lowest BCUT2D eigenvalue weighted by Crippen LogP contribution is -2.15. The first-order valence-electron chi connectivity index (χ1n) is 9.53. The van der Waals surface area contributed by atoms with Crippen molar-refractivity contribution in [2.24, 2.45) is 0 Å². The zero-order chi connectivity index (χ0) is 20.2. The SMILES string of the molecule is CCOC(=O)c1ccoc1CSc1ncc(-c2ccc3c(c2)OCCO3)n1CC. The molecule has 0 saturated heterocycles. The van der Waals surface area contributed by atoms with Crippen molar-refractivity contribution in [2.75, 3.05) is 19.8 Å². The number of furan rings is 1. The Morgan fingerprint density at radius 1 is 1.21 bits per heavy atom. The lowest BCUT2D eigenvalue weighted by molar-refractivity contribution is 0.0524. The van der Waals surface area contributed by atoms with Crippen LogP contribution in [0.2, 0.25) is 0 Å². The first-order valence-corrected chi connectivity index (χ1v) is 10.5. The fourth-order valence-corrected chi connectivity index (χ4v) is 4.18. The van der Waals surface area contributed by atoms with Gasteiger partial charge < -0.3 is 23.2 Å². The smallest absolute Gasteiger partial charge is 0.341 e. The lowest BCUT2D eigenvalue weighted by Gasteiger charge is -2.19. The van der Waals surface area contributed by atoms with Gasteiger partial charge in [-0.1, -0.05) is 11.8 Å². The van der Waals surface area contributed by atoms with Crippen LogP contribution in [0, 0.1) is 0 Å². The van der Waals surface area contributed by atoms with Crippen molar-refractivity contribution in [3.63, 3.8) is 0 Å². The maximum atomic E-state index is 12.0. The predicted octanol–water partition coefficient (Wildman–Crippen LogP) is 4.40. The van der Waals surface area contributed by atoms with Crippen LogP contribution in [0.4, 0.5) is 0 Å². The zero-order valence-electron chi connectivity index (χ0n) is 16.3. The third kappa shape index (κ3) is 3.98. The van der Waals surface area contributed by atoms with E-state index in [1.54, 1.807) is 13.0 Å². The highest BCUT2D eigenvalue weighted by atomic mass is 32.2. The molecule has 3 aromatic rings. The maximum Gasteiger partial charge on any atom is 0.341 e. The number of nitrogens with zero attached hydrogens (tertiary/aromatic N) is 2. The molecule has 0 aliphatic carbocycles. The first kappa shape index (κ1) is 19.4. The number of ether oxygens (including phenoxy) is 3. The van der Waals surface area contributed by atoms with Crippen LogP contribution in [0.25, 0.3) is 11.3 Å². The third-order valence-electron chi connectivity index (χ3n) is 4.55. The number of esters is 1. The number of imidazole rings is 1. The van der Waals surface area contributed by atoms with Gasteiger partial charge in [0.15, 0.2) is 16.7 Å². The van der Waals surface area contributed by atoms with Crippen LogP contribution in [-0.4, -0.2) is 35.3 Å². The Morgan fingerprint density at radius 2 is 2.03 bits per heavy atom. The standard InChI is InChI=1S/C21H22N2O5S/c1-3-23-16(14-5-6-17-18(11-14)28-10-9-27-17)12-22-21(23)29-13-19-15(7-8-26-19)20(24)25-4-2/h5-8,11-12H,3-4,9-10,13H2,1-2H3. The van der Waals surface area contributed by atoms with Crippen molar-refractivity contribution in [1.29, 1.82) is 0 Å². The summed E-state index contributed by atoms with van der Waals surface area (Å²) in [7, 11) is 0. The molecule has 0 spiro atoms. The van der Waals surface area contributed by atoms with E-state index in [0.29, 0.717) is 36.9 Å². The molecule has 0 N–H and O–H groups in total. The summed E-state index contributed by atoms with van der Waals surface area (Å²) in [5.74, 6) is 2.22. The summed E-state index contributed by atoms with van der Waals surface area (Å²) in [6, 6.07) is 7.56. The van der Waals surface area contributed by atoms with Gasteiger partial charge in [-0.3, -0.25) is 0 Å². The van der Waals surface area contributed by atoms with Crippen molar-refractivity contribution in [3.8, 4) is 22.8 Å². The second kappa shape index (κ2) is 8.65. The molecule has 2 aromatic heterocycles. The van der Waals surface area contributed by atoms with Crippen molar-refractivity contribution in [3.05, 3.63) is 48.0 Å². The minimum atomic E-state index is -0.368. The van der Waals surface area contributed by atoms with Gasteiger partial charge in [0.2, 0.25) is 0 Å². The van der Waals surface area contributed by atoms with Gasteiger partial charge in [-0.25, -0.2) is 9.78 Å². The van der Waals surface area contributed by atoms with Gasteiger partial charge >= 0.3 is 5.97 Å². The van der Waals surface area contributed by atoms with E-state index in [4.69, 9.17) is 18.6 Å². The number of thioether (sulfide) groups is 1. The number of carbonyl (C=O) groups excluding carboxylic acids is 1. The summed E-state index contributed by atoms with van der Waals surface area (Å²) < 4.78 is 24.0. The van der Waals surface area contributed by atoms with Gasteiger partial charge in [0.25, 0.3) is 0 Å². The van der Waals surface area contributed by atoms with E-state index >= 15 is 0 Å². The Labute approximate surface area is 173 Å². The average Bonchev–Trinajstić information content (AvgIpc) is 3.38. The maximum absolute atomic E-state index is 12.0. The van der Waals surface area contributed by atoms with Crippen LogP contribution in [0.5, 0.6) is 11.5 Å². The van der Waals surface area contributed by atoms with Gasteiger partial charge in [0.1, 0.15) is 24.5 Å². The Kier molecular flexibility index (Phi) is 5.80. The zero-order valence-corrected chi connectivity index (χ0v) is 17.2. The van der Waals surface area contributed by atoms with E-state index in [0.717, 1.165) is 34.5 Å². The highest BCUT2D eigenvalue weighted by Crippen LogP contribution is 2.36. The molecule has 1 aliphatic rings. The molecule has 7 nitrogen and oxygen atoms in total. The Bertz CT molecular complexity index is 1010.